The number of nitrogens with one attached hydrogen (secondary N) is 1. The predicted octanol–water partition coefficient (Wildman–Crippen LogP) is 3.30. The number of ether oxygens (including phenoxy) is 1. The van der Waals surface area contributed by atoms with Gasteiger partial charge in [-0.1, -0.05) is 36.4 Å². The van der Waals surface area contributed by atoms with Gasteiger partial charge in [0.05, 0.1) is 6.04 Å². The van der Waals surface area contributed by atoms with Gasteiger partial charge in [-0.25, -0.2) is 4.79 Å². The molecular weight excluding hydrogens is 276 g/mol. The largest absolute Gasteiger partial charge is 0.444 e. The van der Waals surface area contributed by atoms with Crippen molar-refractivity contribution in [2.75, 3.05) is 19.6 Å². The van der Waals surface area contributed by atoms with E-state index in [0.717, 1.165) is 24.2 Å². The fraction of sp³-hybridized carbons (Fsp3) is 0.500. The van der Waals surface area contributed by atoms with Gasteiger partial charge in [0, 0.05) is 19.6 Å². The highest BCUT2D eigenvalue weighted by atomic mass is 16.6. The van der Waals surface area contributed by atoms with Crippen molar-refractivity contribution in [3.05, 3.63) is 41.5 Å². The highest BCUT2D eigenvalue weighted by molar-refractivity contribution is 5.70. The lowest BCUT2D eigenvalue weighted by atomic mass is 10.0. The lowest BCUT2D eigenvalue weighted by molar-refractivity contribution is 0.0158. The van der Waals surface area contributed by atoms with Gasteiger partial charge in [0.25, 0.3) is 0 Å². The standard InChI is InChI=1S/C18H26N2O2/c1-14(12-15-8-6-5-7-9-15)16-13-19-10-11-20(16)17(21)22-18(2,3)4/h5-9,12,16,19H,10-11,13H2,1-4H3/b14-12+. The third-order valence-corrected chi connectivity index (χ3v) is 3.59. The molecule has 4 heteroatoms. The van der Waals surface area contributed by atoms with Crippen LogP contribution in [0.3, 0.4) is 0 Å². The first-order chi connectivity index (χ1) is 10.4. The summed E-state index contributed by atoms with van der Waals surface area (Å²) >= 11 is 0. The SMILES string of the molecule is C/C(=C\c1ccccc1)C1CNCCN1C(=O)OC(C)(C)C. The summed E-state index contributed by atoms with van der Waals surface area (Å²) in [6, 6.07) is 10.2. The number of carbonyl (C=O) groups excluding carboxylic acids is 1. The number of benzene rings is 1. The average Bonchev–Trinajstić information content (AvgIpc) is 2.46. The van der Waals surface area contributed by atoms with Gasteiger partial charge in [-0.3, -0.25) is 4.90 Å². The second-order valence-electron chi connectivity index (χ2n) is 6.69. The van der Waals surface area contributed by atoms with E-state index in [1.54, 1.807) is 0 Å². The number of hydrogen-bond acceptors (Lipinski definition) is 3. The van der Waals surface area contributed by atoms with Crippen molar-refractivity contribution in [1.82, 2.24) is 10.2 Å². The number of hydrogen-bond donors (Lipinski definition) is 1. The second kappa shape index (κ2) is 6.97. The summed E-state index contributed by atoms with van der Waals surface area (Å²) < 4.78 is 5.54. The van der Waals surface area contributed by atoms with Crippen LogP contribution in [0.15, 0.2) is 35.9 Å². The van der Waals surface area contributed by atoms with Gasteiger partial charge in [0.15, 0.2) is 0 Å². The quantitative estimate of drug-likeness (QED) is 0.911. The molecule has 2 rings (SSSR count). The molecule has 1 fully saturated rings. The van der Waals surface area contributed by atoms with Crippen molar-refractivity contribution < 1.29 is 9.53 Å². The molecule has 22 heavy (non-hydrogen) atoms. The van der Waals surface area contributed by atoms with Crippen LogP contribution in [0.1, 0.15) is 33.3 Å². The van der Waals surface area contributed by atoms with E-state index in [9.17, 15) is 4.79 Å². The molecule has 1 unspecified atom stereocenters. The van der Waals surface area contributed by atoms with E-state index in [0.29, 0.717) is 6.54 Å². The summed E-state index contributed by atoms with van der Waals surface area (Å²) in [6.07, 6.45) is 1.90. The van der Waals surface area contributed by atoms with Gasteiger partial charge < -0.3 is 10.1 Å². The minimum absolute atomic E-state index is 0.0313. The molecule has 1 aliphatic heterocycles. The van der Waals surface area contributed by atoms with Gasteiger partial charge in [-0.05, 0) is 38.8 Å². The lowest BCUT2D eigenvalue weighted by Gasteiger charge is -2.37. The first kappa shape index (κ1) is 16.6. The number of piperazine rings is 1. The Balaban J connectivity index is 2.15. The van der Waals surface area contributed by atoms with Gasteiger partial charge >= 0.3 is 6.09 Å². The van der Waals surface area contributed by atoms with E-state index in [4.69, 9.17) is 4.74 Å². The van der Waals surface area contributed by atoms with Crippen LogP contribution in [-0.2, 0) is 4.74 Å². The van der Waals surface area contributed by atoms with Gasteiger partial charge in [0.2, 0.25) is 0 Å². The highest BCUT2D eigenvalue weighted by Gasteiger charge is 2.31. The van der Waals surface area contributed by atoms with Crippen molar-refractivity contribution in [3.8, 4) is 0 Å². The molecule has 1 aliphatic rings. The Morgan fingerprint density at radius 2 is 2.00 bits per heavy atom. The minimum atomic E-state index is -0.469. The number of carbonyl (C=O) groups is 1. The predicted molar refractivity (Wildman–Crippen MR) is 89.7 cm³/mol. The van der Waals surface area contributed by atoms with Gasteiger partial charge in [-0.15, -0.1) is 0 Å². The van der Waals surface area contributed by atoms with Gasteiger partial charge in [-0.2, -0.15) is 0 Å². The van der Waals surface area contributed by atoms with E-state index < -0.39 is 5.60 Å². The summed E-state index contributed by atoms with van der Waals surface area (Å²) in [5.41, 5.74) is 1.84. The Morgan fingerprint density at radius 1 is 1.32 bits per heavy atom. The van der Waals surface area contributed by atoms with Gasteiger partial charge in [0.1, 0.15) is 5.60 Å². The normalized spacial score (nSPS) is 19.9. The van der Waals surface area contributed by atoms with Crippen LogP contribution in [0.5, 0.6) is 0 Å². The Morgan fingerprint density at radius 3 is 2.64 bits per heavy atom. The summed E-state index contributed by atoms with van der Waals surface area (Å²) in [5.74, 6) is 0. The number of amides is 1. The van der Waals surface area contributed by atoms with Crippen LogP contribution < -0.4 is 5.32 Å². The molecule has 0 spiro atoms. The molecule has 1 atom stereocenters. The molecule has 1 aromatic rings. The van der Waals surface area contributed by atoms with E-state index in [1.807, 2.05) is 43.9 Å². The van der Waals surface area contributed by atoms with Crippen LogP contribution in [-0.4, -0.2) is 42.3 Å². The maximum absolute atomic E-state index is 12.4. The first-order valence-electron chi connectivity index (χ1n) is 7.80. The van der Waals surface area contributed by atoms with E-state index in [-0.39, 0.29) is 12.1 Å². The molecule has 120 valence electrons. The van der Waals surface area contributed by atoms with Crippen molar-refractivity contribution >= 4 is 12.2 Å². The van der Waals surface area contributed by atoms with E-state index >= 15 is 0 Å². The maximum atomic E-state index is 12.4. The molecule has 1 amide bonds. The minimum Gasteiger partial charge on any atom is -0.444 e. The molecule has 0 radical (unpaired) electrons. The van der Waals surface area contributed by atoms with Crippen molar-refractivity contribution in [2.24, 2.45) is 0 Å². The molecule has 0 aliphatic carbocycles. The van der Waals surface area contributed by atoms with Crippen molar-refractivity contribution in [1.29, 1.82) is 0 Å². The molecule has 1 saturated heterocycles. The Kier molecular flexibility index (Phi) is 5.24. The smallest absolute Gasteiger partial charge is 0.410 e. The van der Waals surface area contributed by atoms with Crippen LogP contribution >= 0.6 is 0 Å². The number of rotatable bonds is 2. The zero-order chi connectivity index (χ0) is 16.2. The summed E-state index contributed by atoms with van der Waals surface area (Å²) in [6.45, 7) is 9.99. The monoisotopic (exact) mass is 302 g/mol. The summed E-state index contributed by atoms with van der Waals surface area (Å²) in [7, 11) is 0. The molecule has 4 nitrogen and oxygen atoms in total. The molecule has 0 saturated carbocycles. The Bertz CT molecular complexity index is 532. The Labute approximate surface area is 133 Å². The number of nitrogens with zero attached hydrogens (tertiary/aromatic N) is 1. The van der Waals surface area contributed by atoms with Crippen LogP contribution in [0, 0.1) is 0 Å². The summed E-state index contributed by atoms with van der Waals surface area (Å²) in [5, 5.41) is 3.36. The molecular formula is C18H26N2O2. The highest BCUT2D eigenvalue weighted by Crippen LogP contribution is 2.19. The maximum Gasteiger partial charge on any atom is 0.410 e. The molecule has 0 aromatic heterocycles. The topological polar surface area (TPSA) is 41.6 Å². The second-order valence-corrected chi connectivity index (χ2v) is 6.69. The average molecular weight is 302 g/mol. The van der Waals surface area contributed by atoms with Crippen LogP contribution in [0.2, 0.25) is 0 Å². The molecule has 1 aromatic carbocycles. The fourth-order valence-electron chi connectivity index (χ4n) is 2.56. The third-order valence-electron chi connectivity index (χ3n) is 3.59. The van der Waals surface area contributed by atoms with Crippen LogP contribution in [0.25, 0.3) is 6.08 Å². The fourth-order valence-corrected chi connectivity index (χ4v) is 2.56. The van der Waals surface area contributed by atoms with Crippen molar-refractivity contribution in [3.63, 3.8) is 0 Å². The molecule has 1 N–H and O–H groups in total. The van der Waals surface area contributed by atoms with Crippen molar-refractivity contribution in [2.45, 2.75) is 39.3 Å². The van der Waals surface area contributed by atoms with E-state index in [1.165, 1.54) is 0 Å². The first-order valence-corrected chi connectivity index (χ1v) is 7.80. The Hall–Kier alpha value is -1.81. The zero-order valence-electron chi connectivity index (χ0n) is 13.9. The summed E-state index contributed by atoms with van der Waals surface area (Å²) in [4.78, 5) is 14.3. The lowest BCUT2D eigenvalue weighted by Crippen LogP contribution is -2.55. The molecule has 1 heterocycles. The zero-order valence-corrected chi connectivity index (χ0v) is 13.9. The van der Waals surface area contributed by atoms with Crippen LogP contribution in [0.4, 0.5) is 4.79 Å². The molecule has 0 bridgehead atoms. The third kappa shape index (κ3) is 4.60. The van der Waals surface area contributed by atoms with E-state index in [2.05, 4.69) is 30.4 Å².